The summed E-state index contributed by atoms with van der Waals surface area (Å²) in [6.07, 6.45) is 0.909. The van der Waals surface area contributed by atoms with Gasteiger partial charge in [0.25, 0.3) is 0 Å². The Morgan fingerprint density at radius 2 is 1.96 bits per heavy atom. The van der Waals surface area contributed by atoms with Gasteiger partial charge < -0.3 is 14.7 Å². The summed E-state index contributed by atoms with van der Waals surface area (Å²) in [5, 5.41) is 0.752. The molecule has 1 aromatic carbocycles. The van der Waals surface area contributed by atoms with Crippen molar-refractivity contribution < 1.29 is 4.39 Å². The summed E-state index contributed by atoms with van der Waals surface area (Å²) in [5.74, 6) is 0.418. The van der Waals surface area contributed by atoms with Crippen molar-refractivity contribution in [1.29, 1.82) is 0 Å². The van der Waals surface area contributed by atoms with Crippen molar-refractivity contribution in [2.45, 2.75) is 19.4 Å². The summed E-state index contributed by atoms with van der Waals surface area (Å²) >= 11 is 0. The van der Waals surface area contributed by atoms with Gasteiger partial charge in [-0.3, -0.25) is 4.57 Å². The molecular formula is C18H24FN5O. The topological polar surface area (TPSA) is 44.6 Å². The fourth-order valence-corrected chi connectivity index (χ4v) is 4.13. The van der Waals surface area contributed by atoms with Crippen LogP contribution in [-0.4, -0.2) is 60.8 Å². The van der Waals surface area contributed by atoms with Crippen molar-refractivity contribution in [3.63, 3.8) is 0 Å². The number of likely N-dealkylation sites (N-methyl/N-ethyl adjacent to an activating group) is 1. The molecule has 0 saturated carbocycles. The molecule has 3 heterocycles. The van der Waals surface area contributed by atoms with Gasteiger partial charge in [-0.15, -0.1) is 0 Å². The number of fused-ring (bicyclic) bond motifs is 2. The van der Waals surface area contributed by atoms with E-state index in [1.165, 1.54) is 4.57 Å². The van der Waals surface area contributed by atoms with E-state index in [0.717, 1.165) is 43.5 Å². The Labute approximate surface area is 146 Å². The first-order valence-electron chi connectivity index (χ1n) is 8.74. The highest BCUT2D eigenvalue weighted by Crippen LogP contribution is 2.39. The second-order valence-corrected chi connectivity index (χ2v) is 7.35. The second kappa shape index (κ2) is 5.69. The first-order valence-corrected chi connectivity index (χ1v) is 8.74. The molecule has 25 heavy (non-hydrogen) atoms. The van der Waals surface area contributed by atoms with Crippen LogP contribution in [0.15, 0.2) is 10.9 Å². The molecule has 1 unspecified atom stereocenters. The molecule has 1 saturated heterocycles. The lowest BCUT2D eigenvalue weighted by Gasteiger charge is -2.43. The van der Waals surface area contributed by atoms with Crippen molar-refractivity contribution in [3.05, 3.63) is 27.9 Å². The third-order valence-corrected chi connectivity index (χ3v) is 5.61. The van der Waals surface area contributed by atoms with Crippen molar-refractivity contribution in [2.24, 2.45) is 7.05 Å². The minimum Gasteiger partial charge on any atom is -0.371 e. The zero-order valence-electron chi connectivity index (χ0n) is 15.2. The Morgan fingerprint density at radius 1 is 1.20 bits per heavy atom. The predicted molar refractivity (Wildman–Crippen MR) is 98.2 cm³/mol. The van der Waals surface area contributed by atoms with E-state index in [-0.39, 0.29) is 17.5 Å². The summed E-state index contributed by atoms with van der Waals surface area (Å²) < 4.78 is 16.6. The van der Waals surface area contributed by atoms with Crippen LogP contribution in [0.25, 0.3) is 10.9 Å². The summed E-state index contributed by atoms with van der Waals surface area (Å²) in [6.45, 7) is 5.16. The van der Waals surface area contributed by atoms with Crippen LogP contribution in [0.2, 0.25) is 0 Å². The van der Waals surface area contributed by atoms with Crippen LogP contribution in [0.1, 0.15) is 12.0 Å². The van der Waals surface area contributed by atoms with Gasteiger partial charge in [0.05, 0.1) is 16.6 Å². The van der Waals surface area contributed by atoms with Gasteiger partial charge in [-0.2, -0.15) is 4.98 Å². The number of hydrogen-bond donors (Lipinski definition) is 0. The van der Waals surface area contributed by atoms with Crippen molar-refractivity contribution in [2.75, 3.05) is 50.1 Å². The second-order valence-electron chi connectivity index (χ2n) is 7.35. The van der Waals surface area contributed by atoms with E-state index in [4.69, 9.17) is 0 Å². The van der Waals surface area contributed by atoms with E-state index in [0.29, 0.717) is 17.1 Å². The molecule has 1 fully saturated rings. The summed E-state index contributed by atoms with van der Waals surface area (Å²) in [7, 11) is 5.74. The largest absolute Gasteiger partial charge is 0.371 e. The SMILES string of the molecule is Cc1cc2c3c(nc(=O)n2C)N2CCN(C)CC2CCN(C)c3c1F. The van der Waals surface area contributed by atoms with Crippen LogP contribution >= 0.6 is 0 Å². The van der Waals surface area contributed by atoms with E-state index < -0.39 is 0 Å². The molecule has 2 aliphatic heterocycles. The van der Waals surface area contributed by atoms with Crippen LogP contribution < -0.4 is 15.5 Å². The number of benzene rings is 1. The van der Waals surface area contributed by atoms with Gasteiger partial charge in [0.2, 0.25) is 0 Å². The van der Waals surface area contributed by atoms with Gasteiger partial charge in [-0.1, -0.05) is 0 Å². The normalized spacial score (nSPS) is 21.2. The van der Waals surface area contributed by atoms with Crippen LogP contribution in [0.5, 0.6) is 0 Å². The maximum Gasteiger partial charge on any atom is 0.349 e. The molecule has 1 atom stereocenters. The number of nitrogens with zero attached hydrogens (tertiary/aromatic N) is 5. The van der Waals surface area contributed by atoms with Gasteiger partial charge in [0.15, 0.2) is 0 Å². The van der Waals surface area contributed by atoms with E-state index in [9.17, 15) is 4.79 Å². The number of rotatable bonds is 0. The molecule has 0 N–H and O–H groups in total. The van der Waals surface area contributed by atoms with E-state index >= 15 is 4.39 Å². The quantitative estimate of drug-likeness (QED) is 0.721. The van der Waals surface area contributed by atoms with Crippen LogP contribution in [0.4, 0.5) is 15.9 Å². The molecule has 6 nitrogen and oxygen atoms in total. The Bertz CT molecular complexity index is 909. The van der Waals surface area contributed by atoms with Crippen LogP contribution in [0.3, 0.4) is 0 Å². The lowest BCUT2D eigenvalue weighted by atomic mass is 10.0. The minimum atomic E-state index is -0.291. The molecule has 2 aromatic rings. The maximum atomic E-state index is 15.0. The third-order valence-electron chi connectivity index (χ3n) is 5.61. The third kappa shape index (κ3) is 2.40. The van der Waals surface area contributed by atoms with E-state index in [1.807, 2.05) is 11.9 Å². The smallest absolute Gasteiger partial charge is 0.349 e. The standard InChI is InChI=1S/C18H24FN5O/c1-11-9-13-14-16(15(11)19)22(3)6-5-12-10-21(2)7-8-24(12)17(14)20-18(25)23(13)4/h9,12H,5-8,10H2,1-4H3. The minimum absolute atomic E-state index is 0.218. The lowest BCUT2D eigenvalue weighted by Crippen LogP contribution is -2.54. The Kier molecular flexibility index (Phi) is 3.72. The Hall–Kier alpha value is -2.15. The van der Waals surface area contributed by atoms with Crippen molar-refractivity contribution >= 4 is 22.4 Å². The van der Waals surface area contributed by atoms with E-state index in [1.54, 1.807) is 20.0 Å². The fraction of sp³-hybridized carbons (Fsp3) is 0.556. The molecule has 0 bridgehead atoms. The van der Waals surface area contributed by atoms with Gasteiger partial charge in [0, 0.05) is 46.3 Å². The summed E-state index contributed by atoms with van der Waals surface area (Å²) in [4.78, 5) is 23.3. The van der Waals surface area contributed by atoms with E-state index in [2.05, 4.69) is 21.8 Å². The zero-order valence-corrected chi connectivity index (χ0v) is 15.2. The summed E-state index contributed by atoms with van der Waals surface area (Å²) in [6, 6.07) is 2.04. The van der Waals surface area contributed by atoms with Gasteiger partial charge >= 0.3 is 5.69 Å². The molecule has 134 valence electrons. The van der Waals surface area contributed by atoms with Gasteiger partial charge in [-0.25, -0.2) is 9.18 Å². The number of anilines is 2. The number of aromatic nitrogens is 2. The monoisotopic (exact) mass is 345 g/mol. The molecule has 0 radical (unpaired) electrons. The highest BCUT2D eigenvalue weighted by atomic mass is 19.1. The van der Waals surface area contributed by atoms with Crippen LogP contribution in [0, 0.1) is 12.7 Å². The average molecular weight is 345 g/mol. The highest BCUT2D eigenvalue weighted by Gasteiger charge is 2.33. The Morgan fingerprint density at radius 3 is 2.72 bits per heavy atom. The van der Waals surface area contributed by atoms with Gasteiger partial charge in [-0.05, 0) is 32.0 Å². The molecule has 7 heteroatoms. The maximum absolute atomic E-state index is 15.0. The molecule has 0 amide bonds. The number of hydrogen-bond acceptors (Lipinski definition) is 5. The highest BCUT2D eigenvalue weighted by molar-refractivity contribution is 6.01. The first kappa shape index (κ1) is 16.3. The molecular weight excluding hydrogens is 321 g/mol. The van der Waals surface area contributed by atoms with Crippen molar-refractivity contribution in [3.8, 4) is 0 Å². The predicted octanol–water partition coefficient (Wildman–Crippen LogP) is 1.34. The number of aryl methyl sites for hydroxylation is 2. The van der Waals surface area contributed by atoms with Gasteiger partial charge in [0.1, 0.15) is 11.6 Å². The van der Waals surface area contributed by atoms with Crippen molar-refractivity contribution in [1.82, 2.24) is 14.5 Å². The summed E-state index contributed by atoms with van der Waals surface area (Å²) in [5.41, 5.74) is 1.57. The molecule has 1 aromatic heterocycles. The molecule has 2 aliphatic rings. The number of halogens is 1. The van der Waals surface area contributed by atoms with Crippen LogP contribution in [-0.2, 0) is 7.05 Å². The lowest BCUT2D eigenvalue weighted by molar-refractivity contribution is 0.260. The average Bonchev–Trinajstić information content (AvgIpc) is 2.57. The fourth-order valence-electron chi connectivity index (χ4n) is 4.13. The molecule has 0 spiro atoms. The first-order chi connectivity index (χ1) is 11.9. The number of piperazine rings is 1. The molecule has 4 rings (SSSR count). The zero-order chi connectivity index (χ0) is 17.9. The molecule has 0 aliphatic carbocycles. The Balaban J connectivity index is 2.09.